The number of benzene rings is 1. The van der Waals surface area contributed by atoms with Crippen LogP contribution in [0.2, 0.25) is 0 Å². The normalized spacial score (nSPS) is 37.6. The molecular formula is C12H11BrO. The van der Waals surface area contributed by atoms with Crippen molar-refractivity contribution in [2.75, 3.05) is 0 Å². The largest absolute Gasteiger partial charge is 0.341 e. The number of alkyl halides is 1. The minimum Gasteiger partial charge on any atom is -0.341 e. The number of hydrogen-bond acceptors (Lipinski definition) is 1. The zero-order chi connectivity index (χ0) is 9.97. The van der Waals surface area contributed by atoms with E-state index < -0.39 is 0 Å². The van der Waals surface area contributed by atoms with Crippen LogP contribution in [0.4, 0.5) is 0 Å². The molecule has 1 aromatic rings. The van der Waals surface area contributed by atoms with Crippen LogP contribution in [-0.2, 0) is 14.8 Å². The molecular weight excluding hydrogens is 240 g/mol. The highest BCUT2D eigenvalue weighted by molar-refractivity contribution is 9.09. The van der Waals surface area contributed by atoms with Crippen LogP contribution in [-0.4, -0.2) is 0 Å². The zero-order valence-corrected chi connectivity index (χ0v) is 9.76. The van der Waals surface area contributed by atoms with Gasteiger partial charge in [-0.25, -0.2) is 0 Å². The molecule has 2 aliphatic heterocycles. The van der Waals surface area contributed by atoms with Crippen LogP contribution in [0.1, 0.15) is 23.6 Å². The minimum absolute atomic E-state index is 0.230. The number of aryl methyl sites for hydroxylation is 1. The van der Waals surface area contributed by atoms with E-state index in [0.29, 0.717) is 0 Å². The quantitative estimate of drug-likeness (QED) is 0.507. The van der Waals surface area contributed by atoms with Crippen LogP contribution in [0, 0.1) is 6.92 Å². The van der Waals surface area contributed by atoms with E-state index in [1.807, 2.05) is 0 Å². The summed E-state index contributed by atoms with van der Waals surface area (Å²) in [6.07, 6.45) is 4.22. The van der Waals surface area contributed by atoms with Crippen LogP contribution in [0.5, 0.6) is 0 Å². The van der Waals surface area contributed by atoms with Crippen LogP contribution in [0.15, 0.2) is 30.4 Å². The van der Waals surface area contributed by atoms with Crippen molar-refractivity contribution in [3.63, 3.8) is 0 Å². The van der Waals surface area contributed by atoms with Crippen molar-refractivity contribution < 1.29 is 4.74 Å². The second-order valence-corrected chi connectivity index (χ2v) is 5.41. The molecule has 0 fully saturated rings. The molecule has 2 atom stereocenters. The highest BCUT2D eigenvalue weighted by atomic mass is 79.9. The van der Waals surface area contributed by atoms with Gasteiger partial charge in [-0.15, -0.1) is 0 Å². The van der Waals surface area contributed by atoms with Gasteiger partial charge in [0, 0.05) is 5.56 Å². The highest BCUT2D eigenvalue weighted by Crippen LogP contribution is 2.56. The number of rotatable bonds is 0. The van der Waals surface area contributed by atoms with Crippen molar-refractivity contribution in [2.24, 2.45) is 0 Å². The molecule has 2 heteroatoms. The average Bonchev–Trinajstić information content (AvgIpc) is 2.53. The van der Waals surface area contributed by atoms with Gasteiger partial charge in [-0.2, -0.15) is 0 Å². The second kappa shape index (κ2) is 2.31. The third kappa shape index (κ3) is 0.882. The van der Waals surface area contributed by atoms with E-state index in [1.165, 1.54) is 16.7 Å². The van der Waals surface area contributed by atoms with E-state index in [2.05, 4.69) is 60.1 Å². The van der Waals surface area contributed by atoms with Crippen LogP contribution >= 0.6 is 15.9 Å². The summed E-state index contributed by atoms with van der Waals surface area (Å²) in [5.74, 6) is 0. The molecule has 2 unspecified atom stereocenters. The van der Waals surface area contributed by atoms with E-state index in [4.69, 9.17) is 4.74 Å². The SMILES string of the molecule is Cc1ccc2c(c1)C1(Br)C=CC2(C)O1. The fraction of sp³-hybridized carbons (Fsp3) is 0.333. The van der Waals surface area contributed by atoms with E-state index in [-0.39, 0.29) is 10.1 Å². The predicted octanol–water partition coefficient (Wildman–Crippen LogP) is 3.36. The Bertz CT molecular complexity index is 452. The lowest BCUT2D eigenvalue weighted by molar-refractivity contribution is -0.00454. The van der Waals surface area contributed by atoms with Gasteiger partial charge in [0.1, 0.15) is 5.60 Å². The molecule has 2 bridgehead atoms. The zero-order valence-electron chi connectivity index (χ0n) is 8.17. The van der Waals surface area contributed by atoms with Crippen molar-refractivity contribution in [1.82, 2.24) is 0 Å². The molecule has 0 radical (unpaired) electrons. The Hall–Kier alpha value is -0.600. The van der Waals surface area contributed by atoms with Gasteiger partial charge in [-0.05, 0) is 47.5 Å². The molecule has 0 N–H and O–H groups in total. The van der Waals surface area contributed by atoms with E-state index in [1.54, 1.807) is 0 Å². The first-order chi connectivity index (χ1) is 6.54. The molecule has 0 aromatic heterocycles. The van der Waals surface area contributed by atoms with Gasteiger partial charge in [0.25, 0.3) is 0 Å². The Morgan fingerprint density at radius 1 is 1.21 bits per heavy atom. The Kier molecular flexibility index (Phi) is 1.43. The molecule has 2 heterocycles. The van der Waals surface area contributed by atoms with Crippen LogP contribution in [0.3, 0.4) is 0 Å². The Morgan fingerprint density at radius 3 is 2.79 bits per heavy atom. The summed E-state index contributed by atoms with van der Waals surface area (Å²) in [6, 6.07) is 6.49. The van der Waals surface area contributed by atoms with E-state index >= 15 is 0 Å². The molecule has 14 heavy (non-hydrogen) atoms. The summed E-state index contributed by atoms with van der Waals surface area (Å²) >= 11 is 3.65. The summed E-state index contributed by atoms with van der Waals surface area (Å²) < 4.78 is 5.61. The van der Waals surface area contributed by atoms with Gasteiger partial charge in [0.05, 0.1) is 0 Å². The molecule has 0 spiro atoms. The molecule has 0 aliphatic carbocycles. The van der Waals surface area contributed by atoms with Crippen LogP contribution < -0.4 is 0 Å². The Labute approximate surface area is 91.9 Å². The van der Waals surface area contributed by atoms with Gasteiger partial charge in [0.15, 0.2) is 4.51 Å². The smallest absolute Gasteiger partial charge is 0.168 e. The van der Waals surface area contributed by atoms with Crippen LogP contribution in [0.25, 0.3) is 0 Å². The lowest BCUT2D eigenvalue weighted by Gasteiger charge is -2.17. The van der Waals surface area contributed by atoms with Gasteiger partial charge >= 0.3 is 0 Å². The first kappa shape index (κ1) is 8.69. The van der Waals surface area contributed by atoms with Crippen molar-refractivity contribution in [1.29, 1.82) is 0 Å². The van der Waals surface area contributed by atoms with Gasteiger partial charge in [-0.3, -0.25) is 0 Å². The molecule has 3 rings (SSSR count). The fourth-order valence-electron chi connectivity index (χ4n) is 2.31. The maximum absolute atomic E-state index is 5.98. The predicted molar refractivity (Wildman–Crippen MR) is 59.4 cm³/mol. The number of halogens is 1. The maximum atomic E-state index is 5.98. The van der Waals surface area contributed by atoms with E-state index in [9.17, 15) is 0 Å². The maximum Gasteiger partial charge on any atom is 0.168 e. The van der Waals surface area contributed by atoms with Gasteiger partial charge in [0.2, 0.25) is 0 Å². The van der Waals surface area contributed by atoms with Crippen molar-refractivity contribution in [2.45, 2.75) is 24.0 Å². The lowest BCUT2D eigenvalue weighted by atomic mass is 9.88. The van der Waals surface area contributed by atoms with Crippen molar-refractivity contribution in [3.05, 3.63) is 47.0 Å². The summed E-state index contributed by atoms with van der Waals surface area (Å²) in [5.41, 5.74) is 3.58. The molecule has 1 nitrogen and oxygen atoms in total. The summed E-state index contributed by atoms with van der Waals surface area (Å²) in [6.45, 7) is 4.21. The highest BCUT2D eigenvalue weighted by Gasteiger charge is 2.51. The second-order valence-electron chi connectivity index (χ2n) is 4.24. The Balaban J connectivity index is 2.33. The van der Waals surface area contributed by atoms with Crippen molar-refractivity contribution in [3.8, 4) is 0 Å². The molecule has 72 valence electrons. The van der Waals surface area contributed by atoms with E-state index in [0.717, 1.165) is 0 Å². The summed E-state index contributed by atoms with van der Waals surface area (Å²) in [4.78, 5) is 0. The third-order valence-electron chi connectivity index (χ3n) is 3.05. The minimum atomic E-state index is -0.372. The number of hydrogen-bond donors (Lipinski definition) is 0. The van der Waals surface area contributed by atoms with Gasteiger partial charge in [-0.1, -0.05) is 23.8 Å². The molecule has 0 amide bonds. The Morgan fingerprint density at radius 2 is 2.00 bits per heavy atom. The molecule has 0 saturated carbocycles. The molecule has 1 aromatic carbocycles. The van der Waals surface area contributed by atoms with Crippen molar-refractivity contribution >= 4 is 15.9 Å². The first-order valence-electron chi connectivity index (χ1n) is 4.75. The molecule has 0 saturated heterocycles. The summed E-state index contributed by atoms with van der Waals surface area (Å²) in [5, 5.41) is 0. The topological polar surface area (TPSA) is 9.23 Å². The standard InChI is InChI=1S/C12H11BrO/c1-8-3-4-9-10(7-8)12(13)6-5-11(9,2)14-12/h3-7H,1-2H3. The van der Waals surface area contributed by atoms with Gasteiger partial charge < -0.3 is 4.74 Å². The number of fused-ring (bicyclic) bond motifs is 5. The number of ether oxygens (including phenoxy) is 1. The monoisotopic (exact) mass is 250 g/mol. The molecule has 2 aliphatic rings. The third-order valence-corrected chi connectivity index (χ3v) is 3.91. The first-order valence-corrected chi connectivity index (χ1v) is 5.54. The lowest BCUT2D eigenvalue weighted by Crippen LogP contribution is -2.15. The summed E-state index contributed by atoms with van der Waals surface area (Å²) in [7, 11) is 0. The average molecular weight is 251 g/mol. The fourth-order valence-corrected chi connectivity index (χ4v) is 3.10.